The molecule has 1 aromatic carbocycles. The van der Waals surface area contributed by atoms with Crippen LogP contribution >= 0.6 is 0 Å². The monoisotopic (exact) mass is 360 g/mol. The summed E-state index contributed by atoms with van der Waals surface area (Å²) in [4.78, 5) is 24.2. The second-order valence-corrected chi connectivity index (χ2v) is 6.74. The Labute approximate surface area is 153 Å². The number of benzene rings is 1. The third-order valence-corrected chi connectivity index (χ3v) is 4.12. The number of nitrogens with zero attached hydrogens (tertiary/aromatic N) is 1. The first kappa shape index (κ1) is 19.6. The van der Waals surface area contributed by atoms with E-state index in [1.807, 2.05) is 13.8 Å². The van der Waals surface area contributed by atoms with Gasteiger partial charge in [0, 0.05) is 0 Å². The lowest BCUT2D eigenvalue weighted by atomic mass is 9.98. The van der Waals surface area contributed by atoms with Gasteiger partial charge in [-0.3, -0.25) is 4.79 Å². The maximum absolute atomic E-state index is 12.2. The van der Waals surface area contributed by atoms with E-state index in [-0.39, 0.29) is 17.6 Å². The van der Waals surface area contributed by atoms with E-state index in [4.69, 9.17) is 14.2 Å². The maximum Gasteiger partial charge on any atom is 0.338 e. The van der Waals surface area contributed by atoms with Gasteiger partial charge in [-0.15, -0.1) is 0 Å². The fourth-order valence-corrected chi connectivity index (χ4v) is 2.57. The van der Waals surface area contributed by atoms with Crippen molar-refractivity contribution in [2.24, 2.45) is 5.92 Å². The van der Waals surface area contributed by atoms with Crippen LogP contribution in [0.1, 0.15) is 44.0 Å². The van der Waals surface area contributed by atoms with Crippen molar-refractivity contribution in [3.05, 3.63) is 23.8 Å². The van der Waals surface area contributed by atoms with E-state index in [1.165, 1.54) is 13.2 Å². The molecule has 1 saturated carbocycles. The fraction of sp³-hybridized carbons (Fsp3) is 0.526. The average Bonchev–Trinajstić information content (AvgIpc) is 3.45. The van der Waals surface area contributed by atoms with Crippen LogP contribution in [0.3, 0.4) is 0 Å². The first-order valence-corrected chi connectivity index (χ1v) is 8.53. The molecule has 0 unspecified atom stereocenters. The Balaban J connectivity index is 1.95. The largest absolute Gasteiger partial charge is 0.493 e. The molecule has 1 amide bonds. The zero-order valence-electron chi connectivity index (χ0n) is 15.5. The van der Waals surface area contributed by atoms with Gasteiger partial charge in [-0.05, 0) is 57.7 Å². The van der Waals surface area contributed by atoms with Crippen LogP contribution in [0.15, 0.2) is 18.2 Å². The zero-order valence-corrected chi connectivity index (χ0v) is 15.5. The molecule has 26 heavy (non-hydrogen) atoms. The molecule has 0 heterocycles. The number of amides is 1. The molecule has 1 N–H and O–H groups in total. The SMILES string of the molecule is COc1cc(C(=O)OCC(=O)N[C@](C)(C#N)C2CC2)ccc1OC(C)C. The van der Waals surface area contributed by atoms with Gasteiger partial charge in [-0.2, -0.15) is 5.26 Å². The second-order valence-electron chi connectivity index (χ2n) is 6.74. The molecule has 0 saturated heterocycles. The van der Waals surface area contributed by atoms with Crippen molar-refractivity contribution in [3.8, 4) is 17.6 Å². The predicted molar refractivity (Wildman–Crippen MR) is 93.9 cm³/mol. The summed E-state index contributed by atoms with van der Waals surface area (Å²) < 4.78 is 15.9. The lowest BCUT2D eigenvalue weighted by Crippen LogP contribution is -2.48. The first-order valence-electron chi connectivity index (χ1n) is 8.53. The number of nitrogens with one attached hydrogen (secondary N) is 1. The zero-order chi connectivity index (χ0) is 19.3. The summed E-state index contributed by atoms with van der Waals surface area (Å²) in [7, 11) is 1.48. The van der Waals surface area contributed by atoms with Crippen LogP contribution < -0.4 is 14.8 Å². The minimum absolute atomic E-state index is 0.0358. The molecule has 2 rings (SSSR count). The van der Waals surface area contributed by atoms with Gasteiger partial charge < -0.3 is 19.5 Å². The molecule has 1 aromatic rings. The number of carbonyl (C=O) groups is 2. The fourth-order valence-electron chi connectivity index (χ4n) is 2.57. The van der Waals surface area contributed by atoms with Crippen molar-refractivity contribution in [1.29, 1.82) is 5.26 Å². The van der Waals surface area contributed by atoms with Crippen molar-refractivity contribution in [3.63, 3.8) is 0 Å². The molecule has 1 fully saturated rings. The number of nitriles is 1. The summed E-state index contributed by atoms with van der Waals surface area (Å²) in [6, 6.07) is 6.79. The van der Waals surface area contributed by atoms with Gasteiger partial charge in [0.05, 0.1) is 24.8 Å². The Morgan fingerprint density at radius 1 is 1.35 bits per heavy atom. The highest BCUT2D eigenvalue weighted by Crippen LogP contribution is 2.39. The van der Waals surface area contributed by atoms with Gasteiger partial charge >= 0.3 is 5.97 Å². The summed E-state index contributed by atoms with van der Waals surface area (Å²) >= 11 is 0. The summed E-state index contributed by atoms with van der Waals surface area (Å²) in [5, 5.41) is 11.9. The van der Waals surface area contributed by atoms with Gasteiger partial charge in [0.25, 0.3) is 5.91 Å². The van der Waals surface area contributed by atoms with E-state index in [1.54, 1.807) is 19.1 Å². The summed E-state index contributed by atoms with van der Waals surface area (Å²) in [6.45, 7) is 5.01. The number of hydrogen-bond donors (Lipinski definition) is 1. The average molecular weight is 360 g/mol. The normalized spacial score (nSPS) is 15.5. The summed E-state index contributed by atoms with van der Waals surface area (Å²) in [5.41, 5.74) is -0.668. The number of rotatable bonds is 8. The van der Waals surface area contributed by atoms with E-state index >= 15 is 0 Å². The Bertz CT molecular complexity index is 721. The minimum Gasteiger partial charge on any atom is -0.493 e. The van der Waals surface area contributed by atoms with Gasteiger partial charge in [0.2, 0.25) is 0 Å². The molecule has 1 atom stereocenters. The molecule has 0 radical (unpaired) electrons. The smallest absolute Gasteiger partial charge is 0.338 e. The maximum atomic E-state index is 12.2. The molecule has 7 nitrogen and oxygen atoms in total. The first-order chi connectivity index (χ1) is 12.3. The minimum atomic E-state index is -0.914. The lowest BCUT2D eigenvalue weighted by molar-refractivity contribution is -0.125. The van der Waals surface area contributed by atoms with Crippen LogP contribution in [-0.2, 0) is 9.53 Å². The van der Waals surface area contributed by atoms with E-state index in [0.717, 1.165) is 12.8 Å². The number of carbonyl (C=O) groups excluding carboxylic acids is 2. The van der Waals surface area contributed by atoms with E-state index in [2.05, 4.69) is 11.4 Å². The number of methoxy groups -OCH3 is 1. The van der Waals surface area contributed by atoms with Crippen molar-refractivity contribution in [2.75, 3.05) is 13.7 Å². The number of hydrogen-bond acceptors (Lipinski definition) is 6. The third-order valence-electron chi connectivity index (χ3n) is 4.12. The Morgan fingerprint density at radius 3 is 2.58 bits per heavy atom. The Kier molecular flexibility index (Phi) is 6.09. The molecule has 0 bridgehead atoms. The van der Waals surface area contributed by atoms with Crippen LogP contribution in [0.25, 0.3) is 0 Å². The molecule has 1 aliphatic rings. The highest BCUT2D eigenvalue weighted by Gasteiger charge is 2.43. The van der Waals surface area contributed by atoms with Gasteiger partial charge in [-0.1, -0.05) is 0 Å². The van der Waals surface area contributed by atoms with E-state index in [9.17, 15) is 14.9 Å². The molecule has 1 aliphatic carbocycles. The van der Waals surface area contributed by atoms with Crippen molar-refractivity contribution >= 4 is 11.9 Å². The topological polar surface area (TPSA) is 97.6 Å². The van der Waals surface area contributed by atoms with Gasteiger partial charge in [0.15, 0.2) is 18.1 Å². The second kappa shape index (κ2) is 8.09. The Hall–Kier alpha value is -2.75. The number of ether oxygens (including phenoxy) is 3. The van der Waals surface area contributed by atoms with Gasteiger partial charge in [-0.25, -0.2) is 4.79 Å². The number of esters is 1. The molecule has 0 aliphatic heterocycles. The molecule has 7 heteroatoms. The lowest BCUT2D eigenvalue weighted by Gasteiger charge is -2.22. The van der Waals surface area contributed by atoms with Crippen LogP contribution in [-0.4, -0.2) is 37.2 Å². The summed E-state index contributed by atoms with van der Waals surface area (Å²) in [6.07, 6.45) is 1.79. The molecule has 0 aromatic heterocycles. The van der Waals surface area contributed by atoms with E-state index < -0.39 is 24.0 Å². The van der Waals surface area contributed by atoms with Gasteiger partial charge in [0.1, 0.15) is 5.54 Å². The van der Waals surface area contributed by atoms with Crippen LogP contribution in [0, 0.1) is 17.2 Å². The van der Waals surface area contributed by atoms with E-state index in [0.29, 0.717) is 11.5 Å². The quantitative estimate of drug-likeness (QED) is 0.715. The van der Waals surface area contributed by atoms with Crippen molar-refractivity contribution in [2.45, 2.75) is 45.3 Å². The summed E-state index contributed by atoms with van der Waals surface area (Å²) in [5.74, 6) is -0.0695. The molecule has 0 spiro atoms. The van der Waals surface area contributed by atoms with Crippen LogP contribution in [0.5, 0.6) is 11.5 Å². The molecular weight excluding hydrogens is 336 g/mol. The standard InChI is InChI=1S/C19H24N2O5/c1-12(2)26-15-8-5-13(9-16(15)24-4)18(23)25-10-17(22)21-19(3,11-20)14-6-7-14/h5,8-9,12,14H,6-7,10H2,1-4H3,(H,21,22)/t19-/m1/s1. The van der Waals surface area contributed by atoms with Crippen molar-refractivity contribution in [1.82, 2.24) is 5.32 Å². The predicted octanol–water partition coefficient (Wildman–Crippen LogP) is 2.45. The highest BCUT2D eigenvalue weighted by molar-refractivity contribution is 5.92. The van der Waals surface area contributed by atoms with Crippen molar-refractivity contribution < 1.29 is 23.8 Å². The molecule has 140 valence electrons. The Morgan fingerprint density at radius 2 is 2.04 bits per heavy atom. The third kappa shape index (κ3) is 4.88. The molecular formula is C19H24N2O5. The van der Waals surface area contributed by atoms with Crippen LogP contribution in [0.4, 0.5) is 0 Å². The highest BCUT2D eigenvalue weighted by atomic mass is 16.5. The van der Waals surface area contributed by atoms with Crippen LogP contribution in [0.2, 0.25) is 0 Å².